The number of carbonyl (C=O) groups excluding carboxylic acids is 1. The van der Waals surface area contributed by atoms with Gasteiger partial charge in [-0.2, -0.15) is 0 Å². The van der Waals surface area contributed by atoms with Gasteiger partial charge >= 0.3 is 5.97 Å². The Morgan fingerprint density at radius 1 is 0.614 bits per heavy atom. The summed E-state index contributed by atoms with van der Waals surface area (Å²) >= 11 is 0. The summed E-state index contributed by atoms with van der Waals surface area (Å²) in [4.78, 5) is 24.6. The SMILES string of the molecule is CCCCCCCCCCCCCCCCCCCOCC(COP(=O)([O-])OCC[N+](C)(C)C)OC(=O)CCCCCCC. The van der Waals surface area contributed by atoms with E-state index in [1.54, 1.807) is 0 Å². The molecule has 2 unspecified atom stereocenters. The topological polar surface area (TPSA) is 94.1 Å². The number of carbonyl (C=O) groups is 1. The highest BCUT2D eigenvalue weighted by Gasteiger charge is 2.20. The van der Waals surface area contributed by atoms with Gasteiger partial charge in [-0.15, -0.1) is 0 Å². The Labute approximate surface area is 272 Å². The molecule has 0 spiro atoms. The first-order valence-corrected chi connectivity index (χ1v) is 19.7. The normalized spacial score (nSPS) is 14.0. The molecular weight excluding hydrogens is 577 g/mol. The lowest BCUT2D eigenvalue weighted by Gasteiger charge is -2.28. The zero-order valence-electron chi connectivity index (χ0n) is 29.6. The number of ether oxygens (including phenoxy) is 2. The van der Waals surface area contributed by atoms with Gasteiger partial charge in [0.05, 0.1) is 34.4 Å². The van der Waals surface area contributed by atoms with Gasteiger partial charge in [0, 0.05) is 13.0 Å². The van der Waals surface area contributed by atoms with Crippen LogP contribution < -0.4 is 4.89 Å². The Balaban J connectivity index is 4.07. The summed E-state index contributed by atoms with van der Waals surface area (Å²) in [6, 6.07) is 0. The fraction of sp³-hybridized carbons (Fsp3) is 0.971. The van der Waals surface area contributed by atoms with Crippen molar-refractivity contribution in [2.24, 2.45) is 0 Å². The van der Waals surface area contributed by atoms with Crippen LogP contribution in [0.3, 0.4) is 0 Å². The predicted octanol–water partition coefficient (Wildman–Crippen LogP) is 9.13. The number of unbranched alkanes of at least 4 members (excludes halogenated alkanes) is 20. The van der Waals surface area contributed by atoms with Gasteiger partial charge in [0.15, 0.2) is 0 Å². The molecule has 264 valence electrons. The lowest BCUT2D eigenvalue weighted by molar-refractivity contribution is -0.870. The maximum atomic E-state index is 12.4. The number of phosphoric ester groups is 1. The third-order valence-corrected chi connectivity index (χ3v) is 8.87. The Morgan fingerprint density at radius 2 is 1.05 bits per heavy atom. The Hall–Kier alpha value is -0.500. The molecule has 9 heteroatoms. The van der Waals surface area contributed by atoms with Crippen molar-refractivity contribution in [3.63, 3.8) is 0 Å². The van der Waals surface area contributed by atoms with E-state index in [0.717, 1.165) is 44.9 Å². The van der Waals surface area contributed by atoms with E-state index in [4.69, 9.17) is 18.5 Å². The zero-order chi connectivity index (χ0) is 32.8. The molecule has 2 atom stereocenters. The van der Waals surface area contributed by atoms with E-state index < -0.39 is 13.9 Å². The molecule has 0 heterocycles. The molecule has 0 aromatic heterocycles. The molecule has 0 amide bonds. The van der Waals surface area contributed by atoms with Gasteiger partial charge in [0.1, 0.15) is 19.3 Å². The first kappa shape index (κ1) is 43.5. The van der Waals surface area contributed by atoms with Gasteiger partial charge in [0.25, 0.3) is 7.82 Å². The number of quaternary nitrogens is 1. The number of nitrogens with zero attached hydrogens (tertiary/aromatic N) is 1. The second kappa shape index (κ2) is 29.9. The second-order valence-corrected chi connectivity index (χ2v) is 15.0. The van der Waals surface area contributed by atoms with E-state index in [-0.39, 0.29) is 25.8 Å². The highest BCUT2D eigenvalue weighted by Crippen LogP contribution is 2.38. The number of esters is 1. The molecule has 0 aromatic carbocycles. The van der Waals surface area contributed by atoms with Crippen molar-refractivity contribution in [3.8, 4) is 0 Å². The van der Waals surface area contributed by atoms with Crippen LogP contribution in [-0.4, -0.2) is 70.7 Å². The van der Waals surface area contributed by atoms with Crippen LogP contribution in [0.15, 0.2) is 0 Å². The maximum Gasteiger partial charge on any atom is 0.306 e. The van der Waals surface area contributed by atoms with Crippen molar-refractivity contribution in [1.82, 2.24) is 0 Å². The molecule has 0 radical (unpaired) electrons. The van der Waals surface area contributed by atoms with E-state index >= 15 is 0 Å². The third-order valence-electron chi connectivity index (χ3n) is 7.91. The average molecular weight is 650 g/mol. The first-order chi connectivity index (χ1) is 21.1. The first-order valence-electron chi connectivity index (χ1n) is 18.3. The summed E-state index contributed by atoms with van der Waals surface area (Å²) in [5.41, 5.74) is 0. The minimum atomic E-state index is -4.50. The summed E-state index contributed by atoms with van der Waals surface area (Å²) in [6.45, 7) is 5.34. The standard InChI is InChI=1S/C35H72NO7P/c1-6-8-10-12-13-14-15-16-17-18-19-20-21-22-23-25-27-30-40-32-34(43-35(37)28-26-24-11-9-7-2)33-42-44(38,39)41-31-29-36(3,4)5/h34H,6-33H2,1-5H3. The van der Waals surface area contributed by atoms with Crippen molar-refractivity contribution in [2.45, 2.75) is 168 Å². The second-order valence-electron chi connectivity index (χ2n) is 13.6. The van der Waals surface area contributed by atoms with Crippen LogP contribution in [0.2, 0.25) is 0 Å². The van der Waals surface area contributed by atoms with Gasteiger partial charge in [-0.3, -0.25) is 9.36 Å². The van der Waals surface area contributed by atoms with E-state index in [1.165, 1.54) is 96.3 Å². The van der Waals surface area contributed by atoms with Crippen molar-refractivity contribution in [1.29, 1.82) is 0 Å². The summed E-state index contributed by atoms with van der Waals surface area (Å²) < 4.78 is 34.2. The summed E-state index contributed by atoms with van der Waals surface area (Å²) in [5, 5.41) is 0. The molecule has 0 aliphatic heterocycles. The zero-order valence-corrected chi connectivity index (χ0v) is 30.5. The number of hydrogen-bond donors (Lipinski definition) is 0. The van der Waals surface area contributed by atoms with Crippen molar-refractivity contribution in [3.05, 3.63) is 0 Å². The maximum absolute atomic E-state index is 12.4. The number of phosphoric acid groups is 1. The summed E-state index contributed by atoms with van der Waals surface area (Å²) in [5.74, 6) is -0.344. The van der Waals surface area contributed by atoms with E-state index in [9.17, 15) is 14.3 Å². The van der Waals surface area contributed by atoms with Crippen molar-refractivity contribution >= 4 is 13.8 Å². The molecule has 0 saturated heterocycles. The minimum Gasteiger partial charge on any atom is -0.756 e. The van der Waals surface area contributed by atoms with Crippen LogP contribution in [0.5, 0.6) is 0 Å². The molecule has 0 rings (SSSR count). The Morgan fingerprint density at radius 3 is 1.50 bits per heavy atom. The monoisotopic (exact) mass is 650 g/mol. The number of rotatable bonds is 34. The molecule has 0 saturated carbocycles. The number of likely N-dealkylation sites (N-methyl/N-ethyl adjacent to an activating group) is 1. The smallest absolute Gasteiger partial charge is 0.306 e. The predicted molar refractivity (Wildman–Crippen MR) is 181 cm³/mol. The van der Waals surface area contributed by atoms with Gasteiger partial charge in [-0.1, -0.05) is 142 Å². The van der Waals surface area contributed by atoms with Crippen LogP contribution in [0.1, 0.15) is 162 Å². The van der Waals surface area contributed by atoms with Gasteiger partial charge in [0.2, 0.25) is 0 Å². The van der Waals surface area contributed by atoms with Gasteiger partial charge < -0.3 is 27.9 Å². The Bertz CT molecular complexity index is 686. The summed E-state index contributed by atoms with van der Waals surface area (Å²) in [7, 11) is 1.36. The Kier molecular flexibility index (Phi) is 29.5. The van der Waals surface area contributed by atoms with Crippen LogP contribution in [-0.2, 0) is 27.9 Å². The van der Waals surface area contributed by atoms with E-state index in [2.05, 4.69) is 13.8 Å². The fourth-order valence-corrected chi connectivity index (χ4v) is 5.74. The lowest BCUT2D eigenvalue weighted by Crippen LogP contribution is -2.37. The number of hydrogen-bond acceptors (Lipinski definition) is 7. The van der Waals surface area contributed by atoms with Crippen LogP contribution in [0, 0.1) is 0 Å². The van der Waals surface area contributed by atoms with E-state index in [0.29, 0.717) is 24.1 Å². The van der Waals surface area contributed by atoms with Gasteiger partial charge in [-0.05, 0) is 12.8 Å². The highest BCUT2D eigenvalue weighted by molar-refractivity contribution is 7.45. The lowest BCUT2D eigenvalue weighted by atomic mass is 10.0. The quantitative estimate of drug-likeness (QED) is 0.0297. The minimum absolute atomic E-state index is 0.0301. The summed E-state index contributed by atoms with van der Waals surface area (Å²) in [6.07, 6.45) is 27.2. The van der Waals surface area contributed by atoms with E-state index in [1.807, 2.05) is 21.1 Å². The van der Waals surface area contributed by atoms with Crippen LogP contribution in [0.4, 0.5) is 0 Å². The molecule has 44 heavy (non-hydrogen) atoms. The molecular formula is C35H72NO7P. The molecule has 0 aromatic rings. The molecule has 0 aliphatic carbocycles. The molecule has 0 bridgehead atoms. The van der Waals surface area contributed by atoms with Crippen molar-refractivity contribution < 1.29 is 37.3 Å². The largest absolute Gasteiger partial charge is 0.756 e. The van der Waals surface area contributed by atoms with Gasteiger partial charge in [-0.25, -0.2) is 0 Å². The fourth-order valence-electron chi connectivity index (χ4n) is 5.02. The highest BCUT2D eigenvalue weighted by atomic mass is 31.2. The molecule has 0 fully saturated rings. The van der Waals surface area contributed by atoms with Crippen LogP contribution in [0.25, 0.3) is 0 Å². The molecule has 0 aliphatic rings. The average Bonchev–Trinajstić information content (AvgIpc) is 2.96. The molecule has 8 nitrogen and oxygen atoms in total. The van der Waals surface area contributed by atoms with Crippen LogP contribution >= 0.6 is 7.82 Å². The molecule has 0 N–H and O–H groups in total. The van der Waals surface area contributed by atoms with Crippen molar-refractivity contribution in [2.75, 3.05) is 54.1 Å². The third kappa shape index (κ3) is 32.9.